The summed E-state index contributed by atoms with van der Waals surface area (Å²) in [5.41, 5.74) is 7.46. The van der Waals surface area contributed by atoms with Crippen LogP contribution in [0.25, 0.3) is 0 Å². The first-order valence-corrected chi connectivity index (χ1v) is 21.5. The van der Waals surface area contributed by atoms with Crippen LogP contribution in [0.2, 0.25) is 0 Å². The number of H-pyrrole nitrogens is 1. The van der Waals surface area contributed by atoms with Crippen LogP contribution >= 0.6 is 0 Å². The van der Waals surface area contributed by atoms with E-state index in [9.17, 15) is 19.2 Å². The summed E-state index contributed by atoms with van der Waals surface area (Å²) >= 11 is 0. The molecule has 5 aliphatic rings. The van der Waals surface area contributed by atoms with Crippen LogP contribution in [0, 0.1) is 41.4 Å². The number of rotatable bonds is 9. The second-order valence-electron chi connectivity index (χ2n) is 17.5. The Balaban J connectivity index is 1.07. The van der Waals surface area contributed by atoms with Crippen LogP contribution in [0.4, 0.5) is 4.79 Å². The normalized spacial score (nSPS) is 21.4. The van der Waals surface area contributed by atoms with Crippen LogP contribution in [-0.2, 0) is 35.7 Å². The molecule has 312 valence electrons. The van der Waals surface area contributed by atoms with Gasteiger partial charge in [0.05, 0.1) is 44.8 Å². The molecule has 0 radical (unpaired) electrons. The number of esters is 1. The Morgan fingerprint density at radius 3 is 2.25 bits per heavy atom. The van der Waals surface area contributed by atoms with Gasteiger partial charge in [0.2, 0.25) is 11.8 Å². The molecular weight excluding hydrogens is 745 g/mol. The highest BCUT2D eigenvalue weighted by Gasteiger charge is 2.44. The van der Waals surface area contributed by atoms with E-state index in [1.807, 2.05) is 38.8 Å². The maximum Gasteiger partial charge on any atom is 0.407 e. The molecule has 1 saturated carbocycles. The number of imidazole rings is 1. The number of hydrogen-bond acceptors (Lipinski definition) is 8. The van der Waals surface area contributed by atoms with Crippen molar-refractivity contribution in [2.24, 2.45) is 22.7 Å². The zero-order valence-corrected chi connectivity index (χ0v) is 35.4. The lowest BCUT2D eigenvalue weighted by Gasteiger charge is -2.30. The molecule has 1 aromatic heterocycles. The van der Waals surface area contributed by atoms with Crippen LogP contribution in [0.1, 0.15) is 138 Å². The van der Waals surface area contributed by atoms with E-state index in [1.54, 1.807) is 11.1 Å². The van der Waals surface area contributed by atoms with Gasteiger partial charge in [0.15, 0.2) is 0 Å². The summed E-state index contributed by atoms with van der Waals surface area (Å²) in [4.78, 5) is 68.1. The largest absolute Gasteiger partial charge is 0.469 e. The highest BCUT2D eigenvalue weighted by Crippen LogP contribution is 2.52. The topological polar surface area (TPSA) is 146 Å². The molecule has 3 fully saturated rings. The van der Waals surface area contributed by atoms with Crippen molar-refractivity contribution in [3.63, 3.8) is 0 Å². The number of nitrogens with zero attached hydrogens (tertiary/aromatic N) is 4. The summed E-state index contributed by atoms with van der Waals surface area (Å²) in [6, 6.07) is 3.23. The number of alkyl carbamates (subject to hydrolysis) is 1. The summed E-state index contributed by atoms with van der Waals surface area (Å²) in [7, 11) is 2.66. The second kappa shape index (κ2) is 17.9. The second-order valence-corrected chi connectivity index (χ2v) is 17.5. The molecule has 0 bridgehead atoms. The minimum absolute atomic E-state index is 0.00213. The zero-order chi connectivity index (χ0) is 41.8. The van der Waals surface area contributed by atoms with Crippen molar-refractivity contribution in [2.45, 2.75) is 128 Å². The lowest BCUT2D eigenvalue weighted by molar-refractivity contribution is -0.148. The Labute approximate surface area is 348 Å². The Morgan fingerprint density at radius 1 is 0.864 bits per heavy atom. The number of nitrogens with one attached hydrogen (secondary N) is 2. The number of aromatic amines is 1. The van der Waals surface area contributed by atoms with Gasteiger partial charge in [-0.2, -0.15) is 0 Å². The Hall–Kier alpha value is -5.36. The van der Waals surface area contributed by atoms with Crippen molar-refractivity contribution in [3.8, 4) is 23.7 Å². The average molecular weight is 803 g/mol. The number of methoxy groups -OCH3 is 2. The number of ether oxygens (including phenoxy) is 2. The molecular formula is C47H58N6O6. The SMILES string of the molecule is COC(=O)C[C@H](C(=O)N1CCC[C@H]1C1=NC=C(C#Cc2ccc(C#Cc3cnc([C@H]4CCCN4C(=O)[C@@H](NC(=O)OC)C(C)C)[nH]3)c3c2C2(CCCC2)CC3)C1)C(C)C. The molecule has 4 atom stereocenters. The van der Waals surface area contributed by atoms with Crippen LogP contribution in [-0.4, -0.2) is 88.7 Å². The summed E-state index contributed by atoms with van der Waals surface area (Å²) in [6.45, 7) is 9.02. The lowest BCUT2D eigenvalue weighted by atomic mass is 9.77. The summed E-state index contributed by atoms with van der Waals surface area (Å²) in [5, 5.41) is 2.71. The number of aliphatic imine (C=N–C) groups is 1. The Bertz CT molecular complexity index is 2150. The highest BCUT2D eigenvalue weighted by atomic mass is 16.5. The average Bonchev–Trinajstić information content (AvgIpc) is 4.09. The summed E-state index contributed by atoms with van der Waals surface area (Å²) in [5.74, 6) is 13.5. The van der Waals surface area contributed by atoms with E-state index in [0.29, 0.717) is 31.0 Å². The fraction of sp³-hybridized carbons (Fsp3) is 0.574. The monoisotopic (exact) mass is 802 g/mol. The number of amides is 3. The van der Waals surface area contributed by atoms with E-state index < -0.39 is 18.1 Å². The van der Waals surface area contributed by atoms with Gasteiger partial charge < -0.3 is 29.6 Å². The van der Waals surface area contributed by atoms with Gasteiger partial charge in [-0.05, 0) is 97.8 Å². The van der Waals surface area contributed by atoms with Gasteiger partial charge in [-0.3, -0.25) is 19.4 Å². The van der Waals surface area contributed by atoms with Crippen molar-refractivity contribution in [1.82, 2.24) is 25.1 Å². The standard InChI is InChI=1S/C47H58N6O6/c1-29(2)36(26-40(54)58-5)44(55)52-23-9-11-38(52)37-25-31(27-48-37)13-14-33-16-15-32(35-19-22-47(41(33)35)20-7-8-21-47)17-18-34-28-49-43(50-34)39-12-10-24-53(39)45(56)42(30(3)4)51-46(57)59-6/h15-16,27-30,36,38-39,42H,7-12,19-26H2,1-6H3,(H,49,50)(H,51,57)/t36-,38-,39+,42-/m0/s1. The zero-order valence-electron chi connectivity index (χ0n) is 35.4. The molecule has 3 aliphatic heterocycles. The highest BCUT2D eigenvalue weighted by molar-refractivity contribution is 5.98. The molecule has 7 rings (SSSR count). The van der Waals surface area contributed by atoms with Crippen molar-refractivity contribution in [2.75, 3.05) is 27.3 Å². The number of likely N-dealkylation sites (tertiary alicyclic amines) is 2. The van der Waals surface area contributed by atoms with Crippen molar-refractivity contribution in [3.05, 3.63) is 63.9 Å². The molecule has 3 amide bonds. The fourth-order valence-electron chi connectivity index (χ4n) is 10.0. The third-order valence-electron chi connectivity index (χ3n) is 13.2. The molecule has 4 heterocycles. The number of allylic oxidation sites excluding steroid dienone is 1. The first-order valence-electron chi connectivity index (χ1n) is 21.5. The minimum Gasteiger partial charge on any atom is -0.469 e. The van der Waals surface area contributed by atoms with Crippen LogP contribution in [0.3, 0.4) is 0 Å². The van der Waals surface area contributed by atoms with Crippen molar-refractivity contribution in [1.29, 1.82) is 0 Å². The van der Waals surface area contributed by atoms with Crippen molar-refractivity contribution < 1.29 is 28.7 Å². The van der Waals surface area contributed by atoms with Gasteiger partial charge in [0, 0.05) is 48.1 Å². The number of carbonyl (C=O) groups excluding carboxylic acids is 4. The predicted molar refractivity (Wildman–Crippen MR) is 224 cm³/mol. The first-order chi connectivity index (χ1) is 28.4. The van der Waals surface area contributed by atoms with E-state index in [0.717, 1.165) is 73.8 Å². The third kappa shape index (κ3) is 8.69. The first kappa shape index (κ1) is 41.8. The van der Waals surface area contributed by atoms with E-state index in [1.165, 1.54) is 38.2 Å². The van der Waals surface area contributed by atoms with Gasteiger partial charge in [0.1, 0.15) is 17.6 Å². The fourth-order valence-corrected chi connectivity index (χ4v) is 10.0. The lowest BCUT2D eigenvalue weighted by Crippen LogP contribution is -2.51. The van der Waals surface area contributed by atoms with Crippen LogP contribution in [0.5, 0.6) is 0 Å². The third-order valence-corrected chi connectivity index (χ3v) is 13.2. The molecule has 2 saturated heterocycles. The number of fused-ring (bicyclic) bond motifs is 2. The summed E-state index contributed by atoms with van der Waals surface area (Å²) in [6.07, 6.45) is 13.9. The predicted octanol–water partition coefficient (Wildman–Crippen LogP) is 6.52. The molecule has 0 unspecified atom stereocenters. The molecule has 12 heteroatoms. The number of hydrogen-bond donors (Lipinski definition) is 2. The van der Waals surface area contributed by atoms with Gasteiger partial charge in [-0.25, -0.2) is 9.78 Å². The molecule has 12 nitrogen and oxygen atoms in total. The molecule has 2 aromatic rings. The van der Waals surface area contributed by atoms with Gasteiger partial charge in [0.25, 0.3) is 0 Å². The number of benzene rings is 1. The molecule has 1 spiro atoms. The van der Waals surface area contributed by atoms with Crippen LogP contribution < -0.4 is 5.32 Å². The number of carbonyl (C=O) groups is 4. The molecule has 1 aromatic carbocycles. The number of aromatic nitrogens is 2. The molecule has 2 aliphatic carbocycles. The van der Waals surface area contributed by atoms with E-state index in [-0.39, 0.29) is 53.5 Å². The smallest absolute Gasteiger partial charge is 0.407 e. The van der Waals surface area contributed by atoms with Gasteiger partial charge in [-0.1, -0.05) is 58.3 Å². The molecule has 59 heavy (non-hydrogen) atoms. The Morgan fingerprint density at radius 2 is 1.56 bits per heavy atom. The quantitative estimate of drug-likeness (QED) is 0.217. The van der Waals surface area contributed by atoms with Crippen LogP contribution in [0.15, 0.2) is 35.1 Å². The minimum atomic E-state index is -0.695. The Kier molecular flexibility index (Phi) is 12.7. The van der Waals surface area contributed by atoms with E-state index in [2.05, 4.69) is 51.1 Å². The van der Waals surface area contributed by atoms with Gasteiger partial charge in [-0.15, -0.1) is 0 Å². The summed E-state index contributed by atoms with van der Waals surface area (Å²) < 4.78 is 9.68. The maximum absolute atomic E-state index is 13.7. The van der Waals surface area contributed by atoms with Crippen molar-refractivity contribution >= 4 is 29.6 Å². The van der Waals surface area contributed by atoms with E-state index >= 15 is 0 Å². The molecule has 2 N–H and O–H groups in total. The maximum atomic E-state index is 13.7. The van der Waals surface area contributed by atoms with E-state index in [4.69, 9.17) is 14.5 Å². The van der Waals surface area contributed by atoms with Gasteiger partial charge >= 0.3 is 12.1 Å².